The Balaban J connectivity index is 2.65. The molecular formula is C16H33OP. The molecule has 1 rings (SSSR count). The zero-order valence-electron chi connectivity index (χ0n) is 13.6. The first kappa shape index (κ1) is 16.4. The zero-order chi connectivity index (χ0) is 14.4. The number of hydrogen-bond donors (Lipinski definition) is 0. The number of hydrogen-bond acceptors (Lipinski definition) is 1. The van der Waals surface area contributed by atoms with Crippen LogP contribution in [0.1, 0.15) is 68.2 Å². The van der Waals surface area contributed by atoms with Crippen molar-refractivity contribution in [1.29, 1.82) is 0 Å². The van der Waals surface area contributed by atoms with Crippen LogP contribution in [0.5, 0.6) is 0 Å². The lowest BCUT2D eigenvalue weighted by Crippen LogP contribution is -2.38. The predicted octanol–water partition coefficient (Wildman–Crippen LogP) is 4.90. The van der Waals surface area contributed by atoms with E-state index in [0.29, 0.717) is 28.7 Å². The summed E-state index contributed by atoms with van der Waals surface area (Å²) in [5.41, 5.74) is 1.57. The van der Waals surface area contributed by atoms with Gasteiger partial charge < -0.3 is 4.74 Å². The minimum absolute atomic E-state index is 0.257. The van der Waals surface area contributed by atoms with Gasteiger partial charge in [-0.15, -0.1) is 9.24 Å². The number of ether oxygens (including phenoxy) is 1. The monoisotopic (exact) mass is 272 g/mol. The van der Waals surface area contributed by atoms with Crippen LogP contribution in [0.2, 0.25) is 0 Å². The highest BCUT2D eigenvalue weighted by Crippen LogP contribution is 2.54. The summed E-state index contributed by atoms with van der Waals surface area (Å²) in [6.07, 6.45) is 3.28. The van der Waals surface area contributed by atoms with E-state index in [4.69, 9.17) is 4.74 Å². The first-order valence-corrected chi connectivity index (χ1v) is 8.03. The molecule has 1 fully saturated rings. The lowest BCUT2D eigenvalue weighted by Gasteiger charge is -2.40. The van der Waals surface area contributed by atoms with Crippen LogP contribution in [0, 0.1) is 16.2 Å². The summed E-state index contributed by atoms with van der Waals surface area (Å²) in [5.74, 6) is 0. The summed E-state index contributed by atoms with van der Waals surface area (Å²) in [4.78, 5) is 0. The van der Waals surface area contributed by atoms with Gasteiger partial charge in [-0.1, -0.05) is 61.8 Å². The van der Waals surface area contributed by atoms with E-state index in [1.54, 1.807) is 0 Å². The lowest BCUT2D eigenvalue weighted by molar-refractivity contribution is 0.0680. The van der Waals surface area contributed by atoms with E-state index < -0.39 is 0 Å². The molecule has 0 saturated carbocycles. The summed E-state index contributed by atoms with van der Waals surface area (Å²) in [7, 11) is 2.94. The Kier molecular flexibility index (Phi) is 4.62. The van der Waals surface area contributed by atoms with E-state index in [2.05, 4.69) is 64.6 Å². The molecular weight excluding hydrogens is 239 g/mol. The molecule has 1 aliphatic heterocycles. The van der Waals surface area contributed by atoms with E-state index in [9.17, 15) is 0 Å². The van der Waals surface area contributed by atoms with Crippen molar-refractivity contribution in [2.24, 2.45) is 16.2 Å². The quantitative estimate of drug-likeness (QED) is 0.495. The van der Waals surface area contributed by atoms with Gasteiger partial charge in [0.1, 0.15) is 0 Å². The van der Waals surface area contributed by atoms with Crippen LogP contribution >= 0.6 is 9.24 Å². The van der Waals surface area contributed by atoms with Gasteiger partial charge in [0.15, 0.2) is 0 Å². The summed E-state index contributed by atoms with van der Waals surface area (Å²) in [6, 6.07) is 0. The molecule has 108 valence electrons. The molecule has 1 heterocycles. The zero-order valence-corrected chi connectivity index (χ0v) is 14.8. The Labute approximate surface area is 117 Å². The van der Waals surface area contributed by atoms with Gasteiger partial charge >= 0.3 is 0 Å². The van der Waals surface area contributed by atoms with Crippen LogP contribution in [-0.4, -0.2) is 17.9 Å². The number of rotatable bonds is 6. The van der Waals surface area contributed by atoms with Gasteiger partial charge in [0.05, 0.1) is 12.2 Å². The van der Waals surface area contributed by atoms with Crippen LogP contribution in [0.15, 0.2) is 0 Å². The maximum atomic E-state index is 6.05. The number of epoxide rings is 1. The van der Waals surface area contributed by atoms with Gasteiger partial charge in [0.2, 0.25) is 0 Å². The van der Waals surface area contributed by atoms with E-state index in [1.165, 1.54) is 12.8 Å². The van der Waals surface area contributed by atoms with Gasteiger partial charge in [0, 0.05) is 0 Å². The highest BCUT2D eigenvalue weighted by Gasteiger charge is 2.56. The summed E-state index contributed by atoms with van der Waals surface area (Å²) in [5, 5.41) is 0. The maximum absolute atomic E-state index is 6.05. The van der Waals surface area contributed by atoms with E-state index >= 15 is 0 Å². The standard InChI is InChI=1S/C16H33OP/c1-9-15(5,6)16(7,8)13-12(17-13)10-14(3,4)11(2)18/h11-13H,9-10,18H2,1-8H3. The maximum Gasteiger partial charge on any atom is 0.0897 e. The minimum atomic E-state index is 0.257. The second kappa shape index (κ2) is 5.06. The van der Waals surface area contributed by atoms with Crippen LogP contribution < -0.4 is 0 Å². The van der Waals surface area contributed by atoms with Crippen molar-refractivity contribution in [3.8, 4) is 0 Å². The second-order valence-electron chi connectivity index (χ2n) is 8.04. The third kappa shape index (κ3) is 3.10. The fourth-order valence-electron chi connectivity index (χ4n) is 2.48. The molecule has 0 radical (unpaired) electrons. The first-order chi connectivity index (χ1) is 7.95. The first-order valence-electron chi connectivity index (χ1n) is 7.37. The van der Waals surface area contributed by atoms with Gasteiger partial charge in [-0.2, -0.15) is 0 Å². The highest BCUT2D eigenvalue weighted by atomic mass is 31.0. The van der Waals surface area contributed by atoms with Crippen LogP contribution in [0.4, 0.5) is 0 Å². The Morgan fingerprint density at radius 3 is 2.00 bits per heavy atom. The molecule has 0 spiro atoms. The van der Waals surface area contributed by atoms with Crippen molar-refractivity contribution in [1.82, 2.24) is 0 Å². The van der Waals surface area contributed by atoms with Crippen molar-refractivity contribution in [3.63, 3.8) is 0 Å². The van der Waals surface area contributed by atoms with Crippen molar-refractivity contribution in [2.45, 2.75) is 86.1 Å². The summed E-state index contributed by atoms with van der Waals surface area (Å²) in [6.45, 7) is 18.8. The summed E-state index contributed by atoms with van der Waals surface area (Å²) < 4.78 is 6.05. The molecule has 0 aromatic rings. The highest BCUT2D eigenvalue weighted by molar-refractivity contribution is 7.17. The Morgan fingerprint density at radius 1 is 1.11 bits per heavy atom. The third-order valence-corrected chi connectivity index (χ3v) is 6.78. The molecule has 0 N–H and O–H groups in total. The molecule has 0 aromatic carbocycles. The molecule has 4 atom stereocenters. The molecule has 4 unspecified atom stereocenters. The SMILES string of the molecule is CCC(C)(C)C(C)(C)C1OC1CC(C)(C)C(C)P. The second-order valence-corrected chi connectivity index (χ2v) is 9.04. The molecule has 1 saturated heterocycles. The fourth-order valence-corrected chi connectivity index (χ4v) is 2.61. The third-order valence-electron chi connectivity index (χ3n) is 5.88. The normalized spacial score (nSPS) is 27.2. The minimum Gasteiger partial charge on any atom is -0.369 e. The average Bonchev–Trinajstić information content (AvgIpc) is 2.96. The van der Waals surface area contributed by atoms with Gasteiger partial charge in [-0.25, -0.2) is 0 Å². The van der Waals surface area contributed by atoms with Crippen molar-refractivity contribution < 1.29 is 4.74 Å². The van der Waals surface area contributed by atoms with Gasteiger partial charge in [-0.05, 0) is 28.3 Å². The van der Waals surface area contributed by atoms with Crippen molar-refractivity contribution in [3.05, 3.63) is 0 Å². The fraction of sp³-hybridized carbons (Fsp3) is 1.00. The molecule has 1 nitrogen and oxygen atoms in total. The Hall–Kier alpha value is 0.390. The molecule has 0 bridgehead atoms. The smallest absolute Gasteiger partial charge is 0.0897 e. The molecule has 2 heteroatoms. The van der Waals surface area contributed by atoms with E-state index in [1.807, 2.05) is 0 Å². The van der Waals surface area contributed by atoms with Gasteiger partial charge in [-0.3, -0.25) is 0 Å². The molecule has 18 heavy (non-hydrogen) atoms. The molecule has 0 aromatic heterocycles. The largest absolute Gasteiger partial charge is 0.369 e. The Morgan fingerprint density at radius 2 is 1.61 bits per heavy atom. The van der Waals surface area contributed by atoms with E-state index in [-0.39, 0.29) is 5.41 Å². The Bertz CT molecular complexity index is 291. The van der Waals surface area contributed by atoms with Crippen LogP contribution in [0.3, 0.4) is 0 Å². The van der Waals surface area contributed by atoms with Crippen LogP contribution in [-0.2, 0) is 4.74 Å². The predicted molar refractivity (Wildman–Crippen MR) is 84.1 cm³/mol. The van der Waals surface area contributed by atoms with Crippen LogP contribution in [0.25, 0.3) is 0 Å². The molecule has 0 amide bonds. The van der Waals surface area contributed by atoms with Crippen molar-refractivity contribution >= 4 is 9.24 Å². The van der Waals surface area contributed by atoms with Crippen molar-refractivity contribution in [2.75, 3.05) is 0 Å². The molecule has 0 aliphatic carbocycles. The van der Waals surface area contributed by atoms with E-state index in [0.717, 1.165) is 0 Å². The lowest BCUT2D eigenvalue weighted by atomic mass is 9.63. The topological polar surface area (TPSA) is 12.5 Å². The average molecular weight is 272 g/mol. The van der Waals surface area contributed by atoms with Gasteiger partial charge in [0.25, 0.3) is 0 Å². The molecule has 1 aliphatic rings. The summed E-state index contributed by atoms with van der Waals surface area (Å²) >= 11 is 0.